The predicted molar refractivity (Wildman–Crippen MR) is 128 cm³/mol. The number of carbonyl (C=O) groups is 3. The molecule has 0 aliphatic carbocycles. The Bertz CT molecular complexity index is 1090. The number of esters is 1. The molecular weight excluding hydrogens is 416 g/mol. The van der Waals surface area contributed by atoms with Crippen LogP contribution in [0.4, 0.5) is 5.69 Å². The number of aryl methyl sites for hydroxylation is 1. The summed E-state index contributed by atoms with van der Waals surface area (Å²) in [5.74, 6) is -0.607. The zero-order valence-corrected chi connectivity index (χ0v) is 19.5. The van der Waals surface area contributed by atoms with Crippen LogP contribution in [0.2, 0.25) is 0 Å². The van der Waals surface area contributed by atoms with Gasteiger partial charge in [-0.05, 0) is 61.9 Å². The Kier molecular flexibility index (Phi) is 6.63. The molecule has 2 aliphatic rings. The highest BCUT2D eigenvalue weighted by Gasteiger charge is 2.43. The number of hydrogen-bond donors (Lipinski definition) is 0. The van der Waals surface area contributed by atoms with E-state index in [1.54, 1.807) is 24.3 Å². The van der Waals surface area contributed by atoms with Crippen LogP contribution >= 0.6 is 0 Å². The highest BCUT2D eigenvalue weighted by molar-refractivity contribution is 6.45. The van der Waals surface area contributed by atoms with Gasteiger partial charge in [0.2, 0.25) is 0 Å². The van der Waals surface area contributed by atoms with Crippen LogP contribution in [0.3, 0.4) is 0 Å². The topological polar surface area (TPSA) is 66.9 Å². The van der Waals surface area contributed by atoms with Gasteiger partial charge in [0.25, 0.3) is 11.8 Å². The summed E-state index contributed by atoms with van der Waals surface area (Å²) in [6.45, 7) is 7.95. The fourth-order valence-electron chi connectivity index (χ4n) is 4.44. The van der Waals surface area contributed by atoms with Crippen molar-refractivity contribution in [1.82, 2.24) is 4.90 Å². The summed E-state index contributed by atoms with van der Waals surface area (Å²) in [7, 11) is 0. The van der Waals surface area contributed by atoms with Crippen molar-refractivity contribution >= 4 is 29.0 Å². The molecule has 1 unspecified atom stereocenters. The number of nitrogens with zero attached hydrogens (tertiary/aromatic N) is 2. The maximum atomic E-state index is 13.6. The second-order valence-corrected chi connectivity index (χ2v) is 8.91. The van der Waals surface area contributed by atoms with Crippen molar-refractivity contribution in [2.45, 2.75) is 40.0 Å². The second-order valence-electron chi connectivity index (χ2n) is 8.91. The Morgan fingerprint density at radius 1 is 1.03 bits per heavy atom. The summed E-state index contributed by atoms with van der Waals surface area (Å²) in [5, 5.41) is 0. The average Bonchev–Trinajstić information content (AvgIpc) is 3.08. The van der Waals surface area contributed by atoms with Crippen LogP contribution in [0.1, 0.15) is 54.6 Å². The second kappa shape index (κ2) is 9.61. The lowest BCUT2D eigenvalue weighted by Gasteiger charge is -2.33. The average molecular weight is 447 g/mol. The molecule has 1 fully saturated rings. The van der Waals surface area contributed by atoms with Gasteiger partial charge in [0.1, 0.15) is 5.70 Å². The van der Waals surface area contributed by atoms with Gasteiger partial charge in [0.15, 0.2) is 0 Å². The van der Waals surface area contributed by atoms with E-state index in [4.69, 9.17) is 4.74 Å². The maximum Gasteiger partial charge on any atom is 0.338 e. The Balaban J connectivity index is 1.69. The summed E-state index contributed by atoms with van der Waals surface area (Å²) >= 11 is 0. The Morgan fingerprint density at radius 2 is 1.73 bits per heavy atom. The van der Waals surface area contributed by atoms with Gasteiger partial charge in [-0.25, -0.2) is 9.69 Å². The monoisotopic (exact) mass is 446 g/mol. The standard InChI is InChI=1S/C27H30N2O4/c1-4-16-33-27(32)21-11-13-22(14-12-21)29-25(30)23(20-9-7-18(2)8-10-20)24(26(29)31)28-15-5-6-19(3)17-28/h7-14,19H,4-6,15-17H2,1-3H3. The molecule has 0 bridgehead atoms. The fraction of sp³-hybridized carbons (Fsp3) is 0.370. The van der Waals surface area contributed by atoms with Crippen molar-refractivity contribution in [3.63, 3.8) is 0 Å². The highest BCUT2D eigenvalue weighted by Crippen LogP contribution is 2.36. The molecule has 172 valence electrons. The fourth-order valence-corrected chi connectivity index (χ4v) is 4.44. The lowest BCUT2D eigenvalue weighted by molar-refractivity contribution is -0.120. The predicted octanol–water partition coefficient (Wildman–Crippen LogP) is 4.58. The van der Waals surface area contributed by atoms with E-state index in [0.29, 0.717) is 35.0 Å². The number of amides is 2. The van der Waals surface area contributed by atoms with E-state index in [1.807, 2.05) is 38.1 Å². The molecule has 1 saturated heterocycles. The molecule has 6 nitrogen and oxygen atoms in total. The quantitative estimate of drug-likeness (QED) is 0.480. The Morgan fingerprint density at radius 3 is 2.36 bits per heavy atom. The zero-order valence-electron chi connectivity index (χ0n) is 19.5. The molecule has 4 rings (SSSR count). The molecule has 2 aromatic carbocycles. The van der Waals surface area contributed by atoms with Crippen LogP contribution in [0.15, 0.2) is 54.2 Å². The first-order valence-electron chi connectivity index (χ1n) is 11.6. The SMILES string of the molecule is CCCOC(=O)c1ccc(N2C(=O)C(c3ccc(C)cc3)=C(N3CCCC(C)C3)C2=O)cc1. The van der Waals surface area contributed by atoms with E-state index < -0.39 is 5.97 Å². The van der Waals surface area contributed by atoms with E-state index >= 15 is 0 Å². The first-order valence-corrected chi connectivity index (χ1v) is 11.6. The molecule has 0 N–H and O–H groups in total. The number of hydrogen-bond acceptors (Lipinski definition) is 5. The van der Waals surface area contributed by atoms with Gasteiger partial charge in [0, 0.05) is 13.1 Å². The summed E-state index contributed by atoms with van der Waals surface area (Å²) in [5.41, 5.74) is 3.59. The largest absolute Gasteiger partial charge is 0.462 e. The third-order valence-corrected chi connectivity index (χ3v) is 6.17. The van der Waals surface area contributed by atoms with Crippen LogP contribution in [0, 0.1) is 12.8 Å². The Hall–Kier alpha value is -3.41. The number of ether oxygens (including phenoxy) is 1. The van der Waals surface area contributed by atoms with Gasteiger partial charge in [-0.15, -0.1) is 0 Å². The lowest BCUT2D eigenvalue weighted by atomic mass is 9.97. The van der Waals surface area contributed by atoms with Crippen molar-refractivity contribution in [3.05, 3.63) is 70.9 Å². The lowest BCUT2D eigenvalue weighted by Crippen LogP contribution is -2.39. The molecule has 33 heavy (non-hydrogen) atoms. The van der Waals surface area contributed by atoms with Gasteiger partial charge in [0.05, 0.1) is 23.4 Å². The van der Waals surface area contributed by atoms with Gasteiger partial charge < -0.3 is 9.64 Å². The molecule has 2 heterocycles. The minimum Gasteiger partial charge on any atom is -0.462 e. The molecule has 0 saturated carbocycles. The van der Waals surface area contributed by atoms with Gasteiger partial charge in [-0.3, -0.25) is 9.59 Å². The van der Waals surface area contributed by atoms with Crippen LogP contribution in [0.25, 0.3) is 5.57 Å². The molecule has 2 aromatic rings. The number of benzene rings is 2. The number of rotatable bonds is 6. The van der Waals surface area contributed by atoms with E-state index in [1.165, 1.54) is 4.90 Å². The summed E-state index contributed by atoms with van der Waals surface area (Å²) < 4.78 is 5.17. The van der Waals surface area contributed by atoms with Crippen LogP contribution in [-0.4, -0.2) is 42.4 Å². The van der Waals surface area contributed by atoms with E-state index in [9.17, 15) is 14.4 Å². The van der Waals surface area contributed by atoms with Crippen molar-refractivity contribution in [2.24, 2.45) is 5.92 Å². The summed E-state index contributed by atoms with van der Waals surface area (Å²) in [6.07, 6.45) is 2.85. The minimum atomic E-state index is -0.413. The molecule has 6 heteroatoms. The third kappa shape index (κ3) is 4.56. The molecule has 2 aliphatic heterocycles. The van der Waals surface area contributed by atoms with E-state index in [2.05, 4.69) is 11.8 Å². The number of likely N-dealkylation sites (tertiary alicyclic amines) is 1. The number of carbonyl (C=O) groups excluding carboxylic acids is 3. The maximum absolute atomic E-state index is 13.6. The molecule has 2 amide bonds. The van der Waals surface area contributed by atoms with Gasteiger partial charge >= 0.3 is 5.97 Å². The third-order valence-electron chi connectivity index (χ3n) is 6.17. The van der Waals surface area contributed by atoms with Crippen molar-refractivity contribution in [1.29, 1.82) is 0 Å². The molecular formula is C27H30N2O4. The van der Waals surface area contributed by atoms with Crippen LogP contribution < -0.4 is 4.90 Å². The van der Waals surface area contributed by atoms with Gasteiger partial charge in [-0.1, -0.05) is 43.7 Å². The van der Waals surface area contributed by atoms with Crippen LogP contribution in [-0.2, 0) is 14.3 Å². The summed E-state index contributed by atoms with van der Waals surface area (Å²) in [4.78, 5) is 42.7. The van der Waals surface area contributed by atoms with Gasteiger partial charge in [-0.2, -0.15) is 0 Å². The van der Waals surface area contributed by atoms with Crippen molar-refractivity contribution in [3.8, 4) is 0 Å². The molecule has 0 radical (unpaired) electrons. The molecule has 0 aromatic heterocycles. The first kappa shape index (κ1) is 22.8. The van der Waals surface area contributed by atoms with E-state index in [0.717, 1.165) is 43.5 Å². The van der Waals surface area contributed by atoms with Crippen molar-refractivity contribution in [2.75, 3.05) is 24.6 Å². The number of piperidine rings is 1. The van der Waals surface area contributed by atoms with E-state index in [-0.39, 0.29) is 11.8 Å². The zero-order chi connectivity index (χ0) is 23.5. The first-order chi connectivity index (χ1) is 15.9. The molecule has 1 atom stereocenters. The van der Waals surface area contributed by atoms with Crippen LogP contribution in [0.5, 0.6) is 0 Å². The summed E-state index contributed by atoms with van der Waals surface area (Å²) in [6, 6.07) is 14.2. The normalized spacial score (nSPS) is 18.8. The minimum absolute atomic E-state index is 0.314. The Labute approximate surface area is 194 Å². The smallest absolute Gasteiger partial charge is 0.338 e. The number of imide groups is 1. The highest BCUT2D eigenvalue weighted by atomic mass is 16.5. The molecule has 0 spiro atoms. The van der Waals surface area contributed by atoms with Crippen molar-refractivity contribution < 1.29 is 19.1 Å². The number of anilines is 1.